The minimum atomic E-state index is -1.10. The van der Waals surface area contributed by atoms with Crippen LogP contribution < -0.4 is 16.0 Å². The number of benzene rings is 2. The predicted molar refractivity (Wildman–Crippen MR) is 142 cm³/mol. The Labute approximate surface area is 218 Å². The Hall–Kier alpha value is -3.19. The number of ketones is 1. The van der Waals surface area contributed by atoms with Gasteiger partial charge in [0.05, 0.1) is 0 Å². The quantitative estimate of drug-likeness (QED) is 0.354. The molecule has 2 atom stereocenters. The maximum atomic E-state index is 13.2. The lowest BCUT2D eigenvalue weighted by Gasteiger charge is -2.25. The minimum Gasteiger partial charge on any atom is -0.350 e. The van der Waals surface area contributed by atoms with Crippen LogP contribution in [0.3, 0.4) is 0 Å². The van der Waals surface area contributed by atoms with Gasteiger partial charge in [-0.1, -0.05) is 63.1 Å². The van der Waals surface area contributed by atoms with Gasteiger partial charge in [0.2, 0.25) is 11.7 Å². The molecule has 2 aromatic rings. The molecule has 0 heterocycles. The Bertz CT molecular complexity index is 1040. The Balaban J connectivity index is 2.17. The third-order valence-electron chi connectivity index (χ3n) is 5.82. The molecule has 3 N–H and O–H groups in total. The molecule has 0 radical (unpaired) electrons. The third kappa shape index (κ3) is 8.79. The number of rotatable bonds is 13. The highest BCUT2D eigenvalue weighted by molar-refractivity contribution is 6.38. The fourth-order valence-electron chi connectivity index (χ4n) is 3.70. The zero-order valence-corrected chi connectivity index (χ0v) is 22.2. The van der Waals surface area contributed by atoms with Crippen LogP contribution in [-0.4, -0.2) is 42.1 Å². The lowest BCUT2D eigenvalue weighted by Crippen LogP contribution is -2.56. The highest BCUT2D eigenvalue weighted by Crippen LogP contribution is 2.13. The number of unbranched alkanes of at least 4 members (excludes halogenated alkanes) is 1. The summed E-state index contributed by atoms with van der Waals surface area (Å²) in [6.45, 7) is 7.73. The summed E-state index contributed by atoms with van der Waals surface area (Å²) in [7, 11) is 0. The summed E-state index contributed by atoms with van der Waals surface area (Å²) in [6.07, 6.45) is 3.23. The first-order chi connectivity index (χ1) is 17.2. The van der Waals surface area contributed by atoms with Crippen molar-refractivity contribution < 1.29 is 19.2 Å². The molecule has 0 aliphatic heterocycles. The highest BCUT2D eigenvalue weighted by Gasteiger charge is 2.31. The molecule has 0 unspecified atom stereocenters. The van der Waals surface area contributed by atoms with Crippen molar-refractivity contribution in [2.24, 2.45) is 5.92 Å². The van der Waals surface area contributed by atoms with Crippen LogP contribution in [0.25, 0.3) is 0 Å². The van der Waals surface area contributed by atoms with Crippen molar-refractivity contribution in [3.05, 3.63) is 70.2 Å². The van der Waals surface area contributed by atoms with E-state index in [-0.39, 0.29) is 24.8 Å². The topological polar surface area (TPSA) is 104 Å². The average molecular weight is 514 g/mol. The van der Waals surface area contributed by atoms with E-state index in [1.54, 1.807) is 57.2 Å². The molecule has 8 heteroatoms. The van der Waals surface area contributed by atoms with E-state index in [9.17, 15) is 19.2 Å². The van der Waals surface area contributed by atoms with Crippen molar-refractivity contribution in [2.75, 3.05) is 6.54 Å². The third-order valence-corrected chi connectivity index (χ3v) is 6.07. The fraction of sp³-hybridized carbons (Fsp3) is 0.429. The largest absolute Gasteiger partial charge is 0.350 e. The molecule has 3 amide bonds. The van der Waals surface area contributed by atoms with Crippen molar-refractivity contribution in [1.82, 2.24) is 16.0 Å². The molecule has 0 saturated heterocycles. The molecular weight excluding hydrogens is 478 g/mol. The summed E-state index contributed by atoms with van der Waals surface area (Å²) in [5, 5.41) is 8.50. The average Bonchev–Trinajstić information content (AvgIpc) is 2.86. The normalized spacial score (nSPS) is 12.5. The molecule has 2 rings (SSSR count). The molecule has 0 saturated carbocycles. The molecule has 7 nitrogen and oxygen atoms in total. The number of nitrogens with one attached hydrogen (secondary N) is 3. The van der Waals surface area contributed by atoms with Crippen molar-refractivity contribution >= 4 is 35.1 Å². The number of amides is 3. The summed E-state index contributed by atoms with van der Waals surface area (Å²) in [5.41, 5.74) is 2.33. The van der Waals surface area contributed by atoms with Gasteiger partial charge in [-0.05, 0) is 61.1 Å². The monoisotopic (exact) mass is 513 g/mol. The fourth-order valence-corrected chi connectivity index (χ4v) is 3.82. The SMILES string of the molecule is CCCCc1ccc(C(=O)N[C@H](C(=O)N[C@@H](Cc2ccc(Cl)cc2)C(=O)C(=O)NCC)C(C)C)cc1. The molecular formula is C28H36ClN3O4. The summed E-state index contributed by atoms with van der Waals surface area (Å²) >= 11 is 5.95. The Morgan fingerprint density at radius 2 is 1.47 bits per heavy atom. The lowest BCUT2D eigenvalue weighted by molar-refractivity contribution is -0.140. The van der Waals surface area contributed by atoms with Crippen LogP contribution in [0, 0.1) is 5.92 Å². The predicted octanol–water partition coefficient (Wildman–Crippen LogP) is 3.87. The molecule has 2 aromatic carbocycles. The van der Waals surface area contributed by atoms with Gasteiger partial charge in [-0.2, -0.15) is 0 Å². The summed E-state index contributed by atoms with van der Waals surface area (Å²) < 4.78 is 0. The van der Waals surface area contributed by atoms with Crippen LogP contribution in [0.1, 0.15) is 62.0 Å². The first kappa shape index (κ1) is 29.0. The number of carbonyl (C=O) groups is 4. The molecule has 0 aliphatic carbocycles. The second-order valence-corrected chi connectivity index (χ2v) is 9.55. The summed E-state index contributed by atoms with van der Waals surface area (Å²) in [5.74, 6) is -2.69. The number of hydrogen-bond acceptors (Lipinski definition) is 4. The van der Waals surface area contributed by atoms with Crippen molar-refractivity contribution in [3.8, 4) is 0 Å². The molecule has 36 heavy (non-hydrogen) atoms. The standard InChI is InChI=1S/C28H36ClN3O4/c1-5-7-8-19-9-13-21(14-10-19)26(34)32-24(18(3)4)27(35)31-23(25(33)28(36)30-6-2)17-20-11-15-22(29)16-12-20/h9-16,18,23-24H,5-8,17H2,1-4H3,(H,30,36)(H,31,35)(H,32,34)/t23-,24-/m0/s1. The van der Waals surface area contributed by atoms with Gasteiger partial charge in [0, 0.05) is 23.6 Å². The van der Waals surface area contributed by atoms with Gasteiger partial charge < -0.3 is 16.0 Å². The van der Waals surface area contributed by atoms with Crippen LogP contribution in [0.15, 0.2) is 48.5 Å². The van der Waals surface area contributed by atoms with E-state index in [1.165, 1.54) is 0 Å². The zero-order chi connectivity index (χ0) is 26.7. The summed E-state index contributed by atoms with van der Waals surface area (Å²) in [6, 6.07) is 12.2. The van der Waals surface area contributed by atoms with Crippen LogP contribution in [0.4, 0.5) is 0 Å². The number of carbonyl (C=O) groups excluding carboxylic acids is 4. The van der Waals surface area contributed by atoms with Crippen molar-refractivity contribution in [1.29, 1.82) is 0 Å². The molecule has 0 fully saturated rings. The van der Waals surface area contributed by atoms with E-state index in [1.807, 2.05) is 12.1 Å². The highest BCUT2D eigenvalue weighted by atomic mass is 35.5. The van der Waals surface area contributed by atoms with Crippen molar-refractivity contribution in [2.45, 2.75) is 65.5 Å². The van der Waals surface area contributed by atoms with Gasteiger partial charge >= 0.3 is 0 Å². The van der Waals surface area contributed by atoms with Gasteiger partial charge in [0.1, 0.15) is 12.1 Å². The first-order valence-electron chi connectivity index (χ1n) is 12.4. The molecule has 0 spiro atoms. The van der Waals surface area contributed by atoms with E-state index in [0.29, 0.717) is 10.6 Å². The van der Waals surface area contributed by atoms with Gasteiger partial charge in [0.25, 0.3) is 11.8 Å². The first-order valence-corrected chi connectivity index (χ1v) is 12.8. The number of Topliss-reactive ketones (excluding diaryl/α,β-unsaturated/α-hetero) is 1. The smallest absolute Gasteiger partial charge is 0.289 e. The molecule has 194 valence electrons. The van der Waals surface area contributed by atoms with Crippen LogP contribution in [-0.2, 0) is 27.2 Å². The van der Waals surface area contributed by atoms with Crippen molar-refractivity contribution in [3.63, 3.8) is 0 Å². The van der Waals surface area contributed by atoms with Crippen LogP contribution >= 0.6 is 11.6 Å². The van der Waals surface area contributed by atoms with Gasteiger partial charge in [-0.25, -0.2) is 0 Å². The maximum absolute atomic E-state index is 13.2. The molecule has 0 aromatic heterocycles. The number of aryl methyl sites for hydroxylation is 1. The van der Waals surface area contributed by atoms with E-state index in [2.05, 4.69) is 22.9 Å². The Morgan fingerprint density at radius 3 is 2.03 bits per heavy atom. The van der Waals surface area contributed by atoms with Gasteiger partial charge in [-0.15, -0.1) is 0 Å². The van der Waals surface area contributed by atoms with E-state index in [0.717, 1.165) is 30.4 Å². The molecule has 0 bridgehead atoms. The van der Waals surface area contributed by atoms with Crippen LogP contribution in [0.5, 0.6) is 0 Å². The molecule has 0 aliphatic rings. The van der Waals surface area contributed by atoms with Gasteiger partial charge in [0.15, 0.2) is 0 Å². The lowest BCUT2D eigenvalue weighted by atomic mass is 9.98. The van der Waals surface area contributed by atoms with Crippen LogP contribution in [0.2, 0.25) is 5.02 Å². The Morgan fingerprint density at radius 1 is 0.861 bits per heavy atom. The second kappa shape index (κ2) is 14.4. The second-order valence-electron chi connectivity index (χ2n) is 9.11. The zero-order valence-electron chi connectivity index (χ0n) is 21.4. The summed E-state index contributed by atoms with van der Waals surface area (Å²) in [4.78, 5) is 51.2. The Kier molecular flexibility index (Phi) is 11.6. The maximum Gasteiger partial charge on any atom is 0.289 e. The number of likely N-dealkylation sites (N-methyl/N-ethyl adjacent to an activating group) is 1. The number of halogens is 1. The van der Waals surface area contributed by atoms with E-state index in [4.69, 9.17) is 11.6 Å². The van der Waals surface area contributed by atoms with Gasteiger partial charge in [-0.3, -0.25) is 19.2 Å². The number of hydrogen-bond donors (Lipinski definition) is 3. The minimum absolute atomic E-state index is 0.108. The van der Waals surface area contributed by atoms with E-state index >= 15 is 0 Å². The van der Waals surface area contributed by atoms with E-state index < -0.39 is 29.7 Å².